The Balaban J connectivity index is 2.34. The van der Waals surface area contributed by atoms with E-state index in [0.29, 0.717) is 0 Å². The van der Waals surface area contributed by atoms with Crippen molar-refractivity contribution in [1.82, 2.24) is 4.59 Å². The number of ether oxygens (including phenoxy) is 1. The van der Waals surface area contributed by atoms with Gasteiger partial charge in [-0.15, -0.1) is 0 Å². The number of benzene rings is 1. The summed E-state index contributed by atoms with van der Waals surface area (Å²) in [6.07, 6.45) is 3.00. The van der Waals surface area contributed by atoms with Gasteiger partial charge in [0.15, 0.2) is 5.69 Å². The molecule has 0 unspecified atom stereocenters. The summed E-state index contributed by atoms with van der Waals surface area (Å²) in [7, 11) is 0. The summed E-state index contributed by atoms with van der Waals surface area (Å²) in [6, 6.07) is 7.52. The highest BCUT2D eigenvalue weighted by atomic mass is 16.6. The van der Waals surface area contributed by atoms with Crippen molar-refractivity contribution >= 4 is 17.9 Å². The fourth-order valence-corrected chi connectivity index (χ4v) is 1.74. The second-order valence-corrected chi connectivity index (χ2v) is 5.13. The maximum absolute atomic E-state index is 12.1. The number of quaternary nitrogens is 1. The number of carbonyl (C=O) groups is 1. The summed E-state index contributed by atoms with van der Waals surface area (Å²) in [5.41, 5.74) is 1.13. The molecule has 1 atom stereocenters. The molecule has 0 aliphatic carbocycles. The zero-order valence-electron chi connectivity index (χ0n) is 10.3. The van der Waals surface area contributed by atoms with Crippen molar-refractivity contribution < 1.29 is 9.53 Å². The number of carbonyl (C=O) groups excluding carboxylic acids is 1. The Bertz CT molecular complexity index is 488. The second kappa shape index (κ2) is 3.68. The molecule has 0 bridgehead atoms. The molecule has 17 heavy (non-hydrogen) atoms. The van der Waals surface area contributed by atoms with Crippen LogP contribution in [0.2, 0.25) is 0 Å². The van der Waals surface area contributed by atoms with Gasteiger partial charge in [-0.1, -0.05) is 16.7 Å². The Labute approximate surface area is 101 Å². The Hall–Kier alpha value is -1.65. The number of hydrogen-bond donors (Lipinski definition) is 1. The predicted molar refractivity (Wildman–Crippen MR) is 67.7 cm³/mol. The van der Waals surface area contributed by atoms with Gasteiger partial charge in [-0.05, 0) is 26.8 Å². The van der Waals surface area contributed by atoms with Gasteiger partial charge in [0.2, 0.25) is 0 Å². The molecule has 1 aliphatic heterocycles. The van der Waals surface area contributed by atoms with E-state index < -0.39 is 16.3 Å². The standard InChI is InChI=1S/C13H17N2O2/c1-13(2,3)17-12(16)15(14)9-8-10-6-4-5-7-11(10)15/h4-9H,14H2,1-3H3/q+1/t15-/m0/s1. The van der Waals surface area contributed by atoms with E-state index in [1.807, 2.05) is 51.1 Å². The third kappa shape index (κ3) is 2.09. The minimum Gasteiger partial charge on any atom is -0.412 e. The molecule has 2 N–H and O–H groups in total. The first-order valence-electron chi connectivity index (χ1n) is 5.53. The number of hydrogen-bond acceptors (Lipinski definition) is 3. The van der Waals surface area contributed by atoms with Crippen LogP contribution in [0.3, 0.4) is 0 Å². The van der Waals surface area contributed by atoms with E-state index in [4.69, 9.17) is 10.6 Å². The lowest BCUT2D eigenvalue weighted by Crippen LogP contribution is -2.56. The zero-order chi connectivity index (χ0) is 12.7. The summed E-state index contributed by atoms with van der Waals surface area (Å²) in [6.45, 7) is 5.47. The van der Waals surface area contributed by atoms with Gasteiger partial charge in [-0.2, -0.15) is 10.6 Å². The van der Waals surface area contributed by atoms with Crippen molar-refractivity contribution in [3.63, 3.8) is 0 Å². The van der Waals surface area contributed by atoms with Crippen molar-refractivity contribution in [1.29, 1.82) is 0 Å². The number of rotatable bonds is 0. The van der Waals surface area contributed by atoms with E-state index in [9.17, 15) is 4.79 Å². The molecule has 1 aliphatic rings. The van der Waals surface area contributed by atoms with Crippen LogP contribution in [-0.4, -0.2) is 11.7 Å². The fraction of sp³-hybridized carbons (Fsp3) is 0.308. The topological polar surface area (TPSA) is 52.3 Å². The average Bonchev–Trinajstić information content (AvgIpc) is 2.56. The highest BCUT2D eigenvalue weighted by molar-refractivity contribution is 5.91. The lowest BCUT2D eigenvalue weighted by Gasteiger charge is -2.26. The third-order valence-electron chi connectivity index (χ3n) is 2.52. The van der Waals surface area contributed by atoms with E-state index in [2.05, 4.69) is 0 Å². The normalized spacial score (nSPS) is 22.4. The molecule has 1 aromatic carbocycles. The summed E-state index contributed by atoms with van der Waals surface area (Å²) in [5.74, 6) is 6.10. The first-order valence-corrected chi connectivity index (χ1v) is 5.53. The van der Waals surface area contributed by atoms with Crippen LogP contribution in [0.15, 0.2) is 30.5 Å². The maximum Gasteiger partial charge on any atom is 0.546 e. The van der Waals surface area contributed by atoms with Crippen LogP contribution >= 0.6 is 0 Å². The van der Waals surface area contributed by atoms with Gasteiger partial charge in [0.25, 0.3) is 0 Å². The van der Waals surface area contributed by atoms with Crippen LogP contribution in [0, 0.1) is 0 Å². The first kappa shape index (κ1) is 11.8. The molecule has 2 rings (SSSR count). The largest absolute Gasteiger partial charge is 0.546 e. The molecular formula is C13H17N2O2+. The highest BCUT2D eigenvalue weighted by Gasteiger charge is 2.43. The molecule has 0 radical (unpaired) electrons. The van der Waals surface area contributed by atoms with Crippen LogP contribution in [0.1, 0.15) is 26.3 Å². The molecule has 0 spiro atoms. The lowest BCUT2D eigenvalue weighted by molar-refractivity contribution is 0.0347. The monoisotopic (exact) mass is 233 g/mol. The smallest absolute Gasteiger partial charge is 0.412 e. The third-order valence-corrected chi connectivity index (χ3v) is 2.52. The van der Waals surface area contributed by atoms with Crippen molar-refractivity contribution in [2.24, 2.45) is 5.84 Å². The maximum atomic E-state index is 12.1. The minimum atomic E-state index is -0.549. The molecule has 90 valence electrons. The van der Waals surface area contributed by atoms with Crippen LogP contribution in [-0.2, 0) is 4.74 Å². The van der Waals surface area contributed by atoms with E-state index in [0.717, 1.165) is 11.3 Å². The van der Waals surface area contributed by atoms with E-state index >= 15 is 0 Å². The SMILES string of the molecule is CC(C)(C)OC(=O)[N@+]1(N)C=Cc2ccccc21. The number of fused-ring (bicyclic) bond motifs is 1. The zero-order valence-corrected chi connectivity index (χ0v) is 10.3. The van der Waals surface area contributed by atoms with Gasteiger partial charge in [0.1, 0.15) is 11.8 Å². The molecule has 0 saturated heterocycles. The molecule has 0 aromatic heterocycles. The summed E-state index contributed by atoms with van der Waals surface area (Å²) < 4.78 is 4.92. The van der Waals surface area contributed by atoms with Gasteiger partial charge in [0.05, 0.1) is 0 Å². The predicted octanol–water partition coefficient (Wildman–Crippen LogP) is 2.79. The highest BCUT2D eigenvalue weighted by Crippen LogP contribution is 2.33. The number of amides is 1. The first-order chi connectivity index (χ1) is 7.83. The number of nitrogens with zero attached hydrogens (tertiary/aromatic N) is 1. The summed E-state index contributed by atoms with van der Waals surface area (Å²) >= 11 is 0. The molecule has 1 aromatic rings. The van der Waals surface area contributed by atoms with E-state index in [-0.39, 0.29) is 0 Å². The van der Waals surface area contributed by atoms with Crippen molar-refractivity contribution in [2.75, 3.05) is 0 Å². The second-order valence-electron chi connectivity index (χ2n) is 5.13. The van der Waals surface area contributed by atoms with E-state index in [1.54, 1.807) is 6.20 Å². The molecule has 1 heterocycles. The number of para-hydroxylation sites is 1. The molecule has 4 heteroatoms. The average molecular weight is 233 g/mol. The van der Waals surface area contributed by atoms with Gasteiger partial charge < -0.3 is 4.74 Å². The van der Waals surface area contributed by atoms with Crippen molar-refractivity contribution in [2.45, 2.75) is 26.4 Å². The van der Waals surface area contributed by atoms with Crippen LogP contribution < -0.4 is 10.4 Å². The Morgan fingerprint density at radius 1 is 1.29 bits per heavy atom. The van der Waals surface area contributed by atoms with Crippen LogP contribution in [0.5, 0.6) is 0 Å². The molecule has 1 amide bonds. The quantitative estimate of drug-likeness (QED) is 0.426. The van der Waals surface area contributed by atoms with Crippen molar-refractivity contribution in [3.8, 4) is 0 Å². The van der Waals surface area contributed by atoms with Crippen molar-refractivity contribution in [3.05, 3.63) is 36.0 Å². The van der Waals surface area contributed by atoms with Crippen LogP contribution in [0.25, 0.3) is 6.08 Å². The Kier molecular flexibility index (Phi) is 2.56. The van der Waals surface area contributed by atoms with Gasteiger partial charge in [0, 0.05) is 17.7 Å². The Morgan fingerprint density at radius 2 is 1.94 bits per heavy atom. The van der Waals surface area contributed by atoms with Crippen LogP contribution in [0.4, 0.5) is 10.5 Å². The van der Waals surface area contributed by atoms with Gasteiger partial charge in [-0.25, -0.2) is 0 Å². The Morgan fingerprint density at radius 3 is 2.59 bits per heavy atom. The number of nitrogens with two attached hydrogens (primary N) is 1. The van der Waals surface area contributed by atoms with Gasteiger partial charge in [-0.3, -0.25) is 0 Å². The molecule has 0 saturated carbocycles. The van der Waals surface area contributed by atoms with E-state index in [1.165, 1.54) is 0 Å². The summed E-state index contributed by atoms with van der Waals surface area (Å²) in [5, 5.41) is 0. The lowest BCUT2D eigenvalue weighted by atomic mass is 10.2. The van der Waals surface area contributed by atoms with Gasteiger partial charge >= 0.3 is 6.09 Å². The molecule has 4 nitrogen and oxygen atoms in total. The molecular weight excluding hydrogens is 216 g/mol. The minimum absolute atomic E-state index is 0.423. The molecule has 0 fully saturated rings. The summed E-state index contributed by atoms with van der Waals surface area (Å²) in [4.78, 5) is 12.1. The fourth-order valence-electron chi connectivity index (χ4n) is 1.74.